The zero-order valence-corrected chi connectivity index (χ0v) is 17.8. The number of hydrogen-bond donors (Lipinski definition) is 0. The first-order valence-corrected chi connectivity index (χ1v) is 11.8. The van der Waals surface area contributed by atoms with Gasteiger partial charge in [-0.05, 0) is 78.8 Å². The van der Waals surface area contributed by atoms with Crippen LogP contribution in [-0.2, 0) is 4.79 Å². The van der Waals surface area contributed by atoms with Gasteiger partial charge in [0, 0.05) is 20.9 Å². The van der Waals surface area contributed by atoms with Crippen LogP contribution in [0.5, 0.6) is 0 Å². The molecule has 3 rings (SSSR count). The minimum atomic E-state index is 0.211. The molecule has 0 N–H and O–H groups in total. The van der Waals surface area contributed by atoms with Crippen molar-refractivity contribution in [3.63, 3.8) is 0 Å². The maximum atomic E-state index is 13.1. The van der Waals surface area contributed by atoms with Crippen LogP contribution in [0.1, 0.15) is 37.3 Å². The molecular formula is C24H26OS2. The highest BCUT2D eigenvalue weighted by Crippen LogP contribution is 2.34. The fourth-order valence-electron chi connectivity index (χ4n) is 3.43. The Bertz CT molecular complexity index is 775. The highest BCUT2D eigenvalue weighted by atomic mass is 32.2. The van der Waals surface area contributed by atoms with Crippen molar-refractivity contribution in [3.8, 4) is 0 Å². The van der Waals surface area contributed by atoms with E-state index in [1.165, 1.54) is 9.79 Å². The van der Waals surface area contributed by atoms with Gasteiger partial charge in [-0.25, -0.2) is 0 Å². The van der Waals surface area contributed by atoms with Crippen LogP contribution in [0.3, 0.4) is 0 Å². The van der Waals surface area contributed by atoms with E-state index in [2.05, 4.69) is 80.1 Å². The molecule has 0 saturated heterocycles. The smallest absolute Gasteiger partial charge is 0.185 e. The van der Waals surface area contributed by atoms with Gasteiger partial charge < -0.3 is 0 Å². The van der Waals surface area contributed by atoms with Crippen LogP contribution in [0.2, 0.25) is 0 Å². The summed E-state index contributed by atoms with van der Waals surface area (Å²) < 4.78 is 0. The number of ketones is 1. The molecule has 0 aromatic heterocycles. The van der Waals surface area contributed by atoms with Gasteiger partial charge in [-0.3, -0.25) is 4.79 Å². The van der Waals surface area contributed by atoms with Crippen molar-refractivity contribution < 1.29 is 4.79 Å². The fourth-order valence-corrected chi connectivity index (χ4v) is 4.24. The molecular weight excluding hydrogens is 368 g/mol. The zero-order valence-electron chi connectivity index (χ0n) is 16.2. The Morgan fingerprint density at radius 2 is 1.22 bits per heavy atom. The van der Waals surface area contributed by atoms with Crippen molar-refractivity contribution in [3.05, 3.63) is 70.8 Å². The van der Waals surface area contributed by atoms with Crippen LogP contribution in [-0.4, -0.2) is 18.3 Å². The van der Waals surface area contributed by atoms with Crippen molar-refractivity contribution in [1.29, 1.82) is 0 Å². The number of thioether (sulfide) groups is 2. The number of benzene rings is 2. The summed E-state index contributed by atoms with van der Waals surface area (Å²) in [6.07, 6.45) is 11.2. The van der Waals surface area contributed by atoms with Gasteiger partial charge in [-0.15, -0.1) is 23.5 Å². The Labute approximate surface area is 171 Å². The Kier molecular flexibility index (Phi) is 7.03. The molecule has 0 spiro atoms. The Balaban J connectivity index is 1.89. The third-order valence-electron chi connectivity index (χ3n) is 5.09. The van der Waals surface area contributed by atoms with Gasteiger partial charge in [0.1, 0.15) is 0 Å². The molecule has 0 aliphatic heterocycles. The van der Waals surface area contributed by atoms with E-state index in [4.69, 9.17) is 0 Å². The lowest BCUT2D eigenvalue weighted by atomic mass is 9.79. The second-order valence-corrected chi connectivity index (χ2v) is 8.66. The number of allylic oxidation sites excluding steroid dienone is 2. The molecule has 1 unspecified atom stereocenters. The lowest BCUT2D eigenvalue weighted by molar-refractivity contribution is -0.113. The number of carbonyl (C=O) groups is 1. The van der Waals surface area contributed by atoms with E-state index in [1.807, 2.05) is 0 Å². The van der Waals surface area contributed by atoms with Crippen molar-refractivity contribution in [2.24, 2.45) is 5.92 Å². The standard InChI is InChI=1S/C24H26OS2/c1-4-17-13-20(15-18-5-9-22(26-2)10-6-18)24(25)21(14-17)16-19-7-11-23(27-3)12-8-19/h5-12,15-17H,4,13-14H2,1-3H3/b20-15-,21-16+. The Hall–Kier alpha value is -1.71. The third kappa shape index (κ3) is 5.18. The van der Waals surface area contributed by atoms with Gasteiger partial charge in [0.25, 0.3) is 0 Å². The summed E-state index contributed by atoms with van der Waals surface area (Å²) >= 11 is 3.47. The fraction of sp³-hybridized carbons (Fsp3) is 0.292. The number of rotatable bonds is 5. The minimum absolute atomic E-state index is 0.211. The lowest BCUT2D eigenvalue weighted by Crippen LogP contribution is -2.19. The molecule has 1 aliphatic rings. The van der Waals surface area contributed by atoms with E-state index in [0.29, 0.717) is 5.92 Å². The second-order valence-electron chi connectivity index (χ2n) is 6.90. The van der Waals surface area contributed by atoms with Crippen LogP contribution in [0.15, 0.2) is 69.5 Å². The first-order valence-electron chi connectivity index (χ1n) is 9.37. The quantitative estimate of drug-likeness (QED) is 0.402. The van der Waals surface area contributed by atoms with Gasteiger partial charge in [0.05, 0.1) is 0 Å². The topological polar surface area (TPSA) is 17.1 Å². The van der Waals surface area contributed by atoms with Crippen LogP contribution >= 0.6 is 23.5 Å². The van der Waals surface area contributed by atoms with E-state index in [0.717, 1.165) is 41.5 Å². The molecule has 3 heteroatoms. The first kappa shape index (κ1) is 20.0. The Morgan fingerprint density at radius 1 is 0.815 bits per heavy atom. The molecule has 0 amide bonds. The third-order valence-corrected chi connectivity index (χ3v) is 6.58. The van der Waals surface area contributed by atoms with Gasteiger partial charge in [-0.1, -0.05) is 37.6 Å². The molecule has 2 aromatic carbocycles. The molecule has 1 saturated carbocycles. The van der Waals surface area contributed by atoms with Crippen molar-refractivity contribution >= 4 is 41.5 Å². The summed E-state index contributed by atoms with van der Waals surface area (Å²) in [6, 6.07) is 16.9. The molecule has 140 valence electrons. The van der Waals surface area contributed by atoms with E-state index < -0.39 is 0 Å². The average molecular weight is 395 g/mol. The van der Waals surface area contributed by atoms with Crippen LogP contribution in [0.25, 0.3) is 12.2 Å². The largest absolute Gasteiger partial charge is 0.289 e. The lowest BCUT2D eigenvalue weighted by Gasteiger charge is -2.25. The molecule has 1 aliphatic carbocycles. The molecule has 1 fully saturated rings. The summed E-state index contributed by atoms with van der Waals surface area (Å²) in [4.78, 5) is 15.6. The monoisotopic (exact) mass is 394 g/mol. The minimum Gasteiger partial charge on any atom is -0.289 e. The van der Waals surface area contributed by atoms with Crippen molar-refractivity contribution in [2.75, 3.05) is 12.5 Å². The number of carbonyl (C=O) groups excluding carboxylic acids is 1. The van der Waals surface area contributed by atoms with Gasteiger partial charge >= 0.3 is 0 Å². The summed E-state index contributed by atoms with van der Waals surface area (Å²) in [5.41, 5.74) is 4.10. The maximum absolute atomic E-state index is 13.1. The molecule has 2 aromatic rings. The highest BCUT2D eigenvalue weighted by molar-refractivity contribution is 7.98. The van der Waals surface area contributed by atoms with Crippen LogP contribution in [0, 0.1) is 5.92 Å². The zero-order chi connectivity index (χ0) is 19.2. The SMILES string of the molecule is CCC1C/C(=C/c2ccc(SC)cc2)C(=O)/C(=C/c2ccc(SC)cc2)C1. The maximum Gasteiger partial charge on any atom is 0.185 e. The predicted octanol–water partition coefficient (Wildman–Crippen LogP) is 6.99. The average Bonchev–Trinajstić information content (AvgIpc) is 2.72. The van der Waals surface area contributed by atoms with Gasteiger partial charge in [0.2, 0.25) is 0 Å². The molecule has 0 heterocycles. The Morgan fingerprint density at radius 3 is 1.56 bits per heavy atom. The second kappa shape index (κ2) is 9.48. The van der Waals surface area contributed by atoms with E-state index in [9.17, 15) is 4.79 Å². The van der Waals surface area contributed by atoms with Gasteiger partial charge in [0.15, 0.2) is 5.78 Å². The summed E-state index contributed by atoms with van der Waals surface area (Å²) in [5, 5.41) is 0. The van der Waals surface area contributed by atoms with Gasteiger partial charge in [-0.2, -0.15) is 0 Å². The first-order chi connectivity index (χ1) is 13.1. The normalized spacial score (nSPS) is 20.4. The summed E-state index contributed by atoms with van der Waals surface area (Å²) in [5.74, 6) is 0.749. The molecule has 0 radical (unpaired) electrons. The number of hydrogen-bond acceptors (Lipinski definition) is 3. The van der Waals surface area contributed by atoms with Crippen molar-refractivity contribution in [1.82, 2.24) is 0 Å². The van der Waals surface area contributed by atoms with E-state index in [-0.39, 0.29) is 5.78 Å². The number of Topliss-reactive ketones (excluding diaryl/α,β-unsaturated/α-hetero) is 1. The van der Waals surface area contributed by atoms with E-state index >= 15 is 0 Å². The van der Waals surface area contributed by atoms with E-state index in [1.54, 1.807) is 23.5 Å². The molecule has 1 atom stereocenters. The van der Waals surface area contributed by atoms with Crippen LogP contribution in [0.4, 0.5) is 0 Å². The summed E-state index contributed by atoms with van der Waals surface area (Å²) in [7, 11) is 0. The molecule has 0 bridgehead atoms. The predicted molar refractivity (Wildman–Crippen MR) is 120 cm³/mol. The molecule has 1 nitrogen and oxygen atoms in total. The summed E-state index contributed by atoms with van der Waals surface area (Å²) in [6.45, 7) is 2.22. The van der Waals surface area contributed by atoms with Crippen molar-refractivity contribution in [2.45, 2.75) is 36.0 Å². The molecule has 27 heavy (non-hydrogen) atoms. The van der Waals surface area contributed by atoms with Crippen LogP contribution < -0.4 is 0 Å². The highest BCUT2D eigenvalue weighted by Gasteiger charge is 2.26.